The SMILES string of the molecule is COCC1(C(=O)O)CS[C@H]2N(C1)C(=O)C2(NC=O)C(=O)O. The Morgan fingerprint density at radius 2 is 2.19 bits per heavy atom. The fraction of sp³-hybridized carbons (Fsp3) is 0.636. The quantitative estimate of drug-likeness (QED) is 0.296. The van der Waals surface area contributed by atoms with Crippen LogP contribution in [0, 0.1) is 5.41 Å². The van der Waals surface area contributed by atoms with Gasteiger partial charge in [-0.1, -0.05) is 0 Å². The molecule has 2 unspecified atom stereocenters. The zero-order valence-corrected chi connectivity index (χ0v) is 11.9. The smallest absolute Gasteiger partial charge is 0.342 e. The molecule has 3 N–H and O–H groups in total. The fourth-order valence-corrected chi connectivity index (χ4v) is 4.27. The number of carbonyl (C=O) groups is 4. The summed E-state index contributed by atoms with van der Waals surface area (Å²) in [5, 5.41) is 19.8. The molecule has 2 heterocycles. The second kappa shape index (κ2) is 5.19. The summed E-state index contributed by atoms with van der Waals surface area (Å²) in [6, 6.07) is 0. The molecule has 0 spiro atoms. The number of nitrogens with one attached hydrogen (secondary N) is 1. The molecule has 0 aromatic heterocycles. The van der Waals surface area contributed by atoms with Gasteiger partial charge in [-0.05, 0) is 0 Å². The van der Waals surface area contributed by atoms with Gasteiger partial charge in [0.05, 0.1) is 6.61 Å². The Balaban J connectivity index is 2.27. The Kier molecular flexibility index (Phi) is 3.85. The normalized spacial score (nSPS) is 34.6. The van der Waals surface area contributed by atoms with Gasteiger partial charge in [0.1, 0.15) is 10.8 Å². The van der Waals surface area contributed by atoms with E-state index in [0.29, 0.717) is 0 Å². The second-order valence-electron chi connectivity index (χ2n) is 4.99. The van der Waals surface area contributed by atoms with E-state index in [1.54, 1.807) is 0 Å². The Labute approximate surface area is 123 Å². The molecule has 2 saturated heterocycles. The summed E-state index contributed by atoms with van der Waals surface area (Å²) in [5.41, 5.74) is -3.29. The predicted octanol–water partition coefficient (Wildman–Crippen LogP) is -1.81. The van der Waals surface area contributed by atoms with E-state index in [2.05, 4.69) is 5.32 Å². The van der Waals surface area contributed by atoms with Crippen molar-refractivity contribution >= 4 is 36.0 Å². The van der Waals surface area contributed by atoms with Gasteiger partial charge >= 0.3 is 11.9 Å². The van der Waals surface area contributed by atoms with E-state index in [1.807, 2.05) is 0 Å². The van der Waals surface area contributed by atoms with Crippen LogP contribution < -0.4 is 5.32 Å². The highest BCUT2D eigenvalue weighted by Gasteiger charge is 2.70. The minimum Gasteiger partial charge on any atom is -0.481 e. The average molecular weight is 318 g/mol. The third kappa shape index (κ3) is 1.97. The van der Waals surface area contributed by atoms with E-state index >= 15 is 0 Å². The number of carboxylic acid groups (broad SMARTS) is 2. The molecule has 116 valence electrons. The van der Waals surface area contributed by atoms with Crippen LogP contribution >= 0.6 is 11.8 Å². The molecule has 21 heavy (non-hydrogen) atoms. The summed E-state index contributed by atoms with van der Waals surface area (Å²) in [4.78, 5) is 46.7. The number of nitrogens with zero attached hydrogens (tertiary/aromatic N) is 1. The van der Waals surface area contributed by atoms with Crippen molar-refractivity contribution in [2.45, 2.75) is 10.9 Å². The van der Waals surface area contributed by atoms with Gasteiger partial charge in [0.2, 0.25) is 11.9 Å². The molecule has 2 aliphatic rings. The number of ether oxygens (including phenoxy) is 1. The van der Waals surface area contributed by atoms with E-state index in [9.17, 15) is 29.4 Å². The maximum absolute atomic E-state index is 12.1. The van der Waals surface area contributed by atoms with Crippen LogP contribution in [-0.2, 0) is 23.9 Å². The van der Waals surface area contributed by atoms with Crippen molar-refractivity contribution < 1.29 is 34.1 Å². The maximum atomic E-state index is 12.1. The molecule has 0 aromatic carbocycles. The number of β-lactam (4-membered cyclic amide) rings is 1. The minimum atomic E-state index is -2.01. The fourth-order valence-electron chi connectivity index (χ4n) is 2.63. The monoisotopic (exact) mass is 318 g/mol. The number of carboxylic acids is 2. The first kappa shape index (κ1) is 15.6. The van der Waals surface area contributed by atoms with Crippen LogP contribution in [0.3, 0.4) is 0 Å². The molecule has 2 aliphatic heterocycles. The second-order valence-corrected chi connectivity index (χ2v) is 6.06. The summed E-state index contributed by atoms with van der Waals surface area (Å²) >= 11 is 1.01. The summed E-state index contributed by atoms with van der Waals surface area (Å²) < 4.78 is 4.92. The van der Waals surface area contributed by atoms with Crippen LogP contribution in [0.5, 0.6) is 0 Å². The lowest BCUT2D eigenvalue weighted by molar-refractivity contribution is -0.177. The largest absolute Gasteiger partial charge is 0.481 e. The number of amides is 2. The molecule has 9 nitrogen and oxygen atoms in total. The van der Waals surface area contributed by atoms with Crippen molar-refractivity contribution in [3.8, 4) is 0 Å². The average Bonchev–Trinajstić information content (AvgIpc) is 2.44. The molecule has 2 rings (SSSR count). The van der Waals surface area contributed by atoms with Crippen LogP contribution in [-0.4, -0.2) is 76.3 Å². The lowest BCUT2D eigenvalue weighted by atomic mass is 9.82. The maximum Gasteiger partial charge on any atom is 0.342 e. The molecular weight excluding hydrogens is 304 g/mol. The van der Waals surface area contributed by atoms with Gasteiger partial charge in [0.25, 0.3) is 5.91 Å². The number of methoxy groups -OCH3 is 1. The van der Waals surface area contributed by atoms with Gasteiger partial charge in [-0.15, -0.1) is 11.8 Å². The number of carbonyl (C=O) groups excluding carboxylic acids is 2. The number of rotatable bonds is 6. The Hall–Kier alpha value is -1.81. The van der Waals surface area contributed by atoms with Crippen molar-refractivity contribution in [1.82, 2.24) is 10.2 Å². The lowest BCUT2D eigenvalue weighted by Crippen LogP contribution is -2.84. The zero-order chi connectivity index (χ0) is 15.8. The number of hydrogen-bond acceptors (Lipinski definition) is 6. The molecule has 10 heteroatoms. The Bertz CT molecular complexity index is 513. The number of hydrogen-bond donors (Lipinski definition) is 3. The molecule has 0 aromatic rings. The van der Waals surface area contributed by atoms with Crippen LogP contribution in [0.15, 0.2) is 0 Å². The summed E-state index contributed by atoms with van der Waals surface area (Å²) in [7, 11) is 1.36. The van der Waals surface area contributed by atoms with Crippen molar-refractivity contribution in [3.05, 3.63) is 0 Å². The van der Waals surface area contributed by atoms with Crippen molar-refractivity contribution in [1.29, 1.82) is 0 Å². The van der Waals surface area contributed by atoms with E-state index < -0.39 is 34.2 Å². The van der Waals surface area contributed by atoms with E-state index in [0.717, 1.165) is 16.7 Å². The molecule has 0 bridgehead atoms. The van der Waals surface area contributed by atoms with Crippen LogP contribution in [0.25, 0.3) is 0 Å². The van der Waals surface area contributed by atoms with Crippen molar-refractivity contribution in [2.24, 2.45) is 5.41 Å². The van der Waals surface area contributed by atoms with E-state index in [4.69, 9.17) is 4.74 Å². The van der Waals surface area contributed by atoms with Crippen molar-refractivity contribution in [2.75, 3.05) is 26.0 Å². The molecule has 0 radical (unpaired) electrons. The molecule has 3 atom stereocenters. The standard InChI is InChI=1S/C11H14N2O7S/c1-20-3-10(8(16)17)2-13-6(15)11(9(18)19,12-5-14)7(13)21-4-10/h5,7H,2-4H2,1H3,(H,12,14)(H,16,17)(H,18,19)/t7-,10?,11?/m1/s1. The first-order chi connectivity index (χ1) is 9.85. The van der Waals surface area contributed by atoms with Gasteiger partial charge in [0, 0.05) is 19.4 Å². The van der Waals surface area contributed by atoms with E-state index in [1.165, 1.54) is 7.11 Å². The highest BCUT2D eigenvalue weighted by Crippen LogP contribution is 2.47. The van der Waals surface area contributed by atoms with Crippen LogP contribution in [0.4, 0.5) is 0 Å². The Morgan fingerprint density at radius 3 is 2.67 bits per heavy atom. The van der Waals surface area contributed by atoms with Crippen LogP contribution in [0.2, 0.25) is 0 Å². The highest BCUT2D eigenvalue weighted by molar-refractivity contribution is 8.00. The first-order valence-corrected chi connectivity index (χ1v) is 7.00. The van der Waals surface area contributed by atoms with Gasteiger partial charge in [-0.25, -0.2) is 4.79 Å². The molecule has 0 saturated carbocycles. The third-order valence-corrected chi connectivity index (χ3v) is 5.38. The summed E-state index contributed by atoms with van der Waals surface area (Å²) in [5.74, 6) is -3.30. The topological polar surface area (TPSA) is 133 Å². The number of fused-ring (bicyclic) bond motifs is 1. The molecular formula is C11H14N2O7S. The van der Waals surface area contributed by atoms with Gasteiger partial charge in [0.15, 0.2) is 0 Å². The Morgan fingerprint density at radius 1 is 1.52 bits per heavy atom. The summed E-state index contributed by atoms with van der Waals surface area (Å²) in [6.07, 6.45) is 0.165. The van der Waals surface area contributed by atoms with Crippen molar-refractivity contribution in [3.63, 3.8) is 0 Å². The zero-order valence-electron chi connectivity index (χ0n) is 11.1. The lowest BCUT2D eigenvalue weighted by Gasteiger charge is -2.57. The molecule has 0 aliphatic carbocycles. The molecule has 2 fully saturated rings. The third-order valence-electron chi connectivity index (χ3n) is 3.74. The summed E-state index contributed by atoms with van der Waals surface area (Å²) in [6.45, 7) is -0.241. The molecule has 2 amide bonds. The number of thioether (sulfide) groups is 1. The van der Waals surface area contributed by atoms with Gasteiger partial charge < -0.3 is 25.2 Å². The predicted molar refractivity (Wildman–Crippen MR) is 69.5 cm³/mol. The van der Waals surface area contributed by atoms with Gasteiger partial charge in [-0.2, -0.15) is 0 Å². The van der Waals surface area contributed by atoms with Gasteiger partial charge in [-0.3, -0.25) is 14.4 Å². The highest BCUT2D eigenvalue weighted by atomic mass is 32.2. The van der Waals surface area contributed by atoms with Crippen LogP contribution in [0.1, 0.15) is 0 Å². The number of aliphatic carboxylic acids is 2. The first-order valence-electron chi connectivity index (χ1n) is 5.95. The van der Waals surface area contributed by atoms with E-state index in [-0.39, 0.29) is 25.3 Å². The minimum absolute atomic E-state index is 0.0835.